The van der Waals surface area contributed by atoms with Crippen LogP contribution >= 0.6 is 0 Å². The zero-order chi connectivity index (χ0) is 19.0. The van der Waals surface area contributed by atoms with Crippen LogP contribution in [0.4, 0.5) is 14.5 Å². The molecule has 1 aliphatic rings. The highest BCUT2D eigenvalue weighted by Gasteiger charge is 2.46. The number of carbonyl (C=O) groups is 2. The van der Waals surface area contributed by atoms with E-state index in [1.807, 2.05) is 13.8 Å². The molecule has 1 amide bonds. The fourth-order valence-electron chi connectivity index (χ4n) is 3.01. The summed E-state index contributed by atoms with van der Waals surface area (Å²) in [6, 6.07) is 4.67. The van der Waals surface area contributed by atoms with Gasteiger partial charge in [-0.2, -0.15) is 0 Å². The van der Waals surface area contributed by atoms with Crippen molar-refractivity contribution in [3.05, 3.63) is 65.3 Å². The van der Waals surface area contributed by atoms with E-state index in [4.69, 9.17) is 4.42 Å². The van der Waals surface area contributed by atoms with Crippen LogP contribution < -0.4 is 4.90 Å². The normalized spacial score (nSPS) is 17.5. The van der Waals surface area contributed by atoms with Gasteiger partial charge >= 0.3 is 0 Å². The van der Waals surface area contributed by atoms with Crippen molar-refractivity contribution in [1.29, 1.82) is 0 Å². The molecule has 26 heavy (non-hydrogen) atoms. The third kappa shape index (κ3) is 3.00. The number of furan rings is 1. The number of halogens is 2. The number of benzene rings is 1. The Morgan fingerprint density at radius 3 is 2.62 bits per heavy atom. The van der Waals surface area contributed by atoms with Gasteiger partial charge in [-0.3, -0.25) is 14.5 Å². The first-order valence-corrected chi connectivity index (χ1v) is 8.09. The van der Waals surface area contributed by atoms with Gasteiger partial charge in [-0.25, -0.2) is 8.78 Å². The molecule has 2 aromatic rings. The molecule has 1 unspecified atom stereocenters. The van der Waals surface area contributed by atoms with E-state index in [1.165, 1.54) is 12.3 Å². The molecule has 7 heteroatoms. The lowest BCUT2D eigenvalue weighted by Gasteiger charge is -2.25. The van der Waals surface area contributed by atoms with Gasteiger partial charge in [0.1, 0.15) is 23.4 Å². The molecule has 5 nitrogen and oxygen atoms in total. The number of aliphatic hydroxyl groups is 1. The fraction of sp³-hybridized carbons (Fsp3) is 0.263. The maximum atomic E-state index is 14.3. The maximum absolute atomic E-state index is 14.3. The number of nitrogens with zero attached hydrogens (tertiary/aromatic N) is 1. The standard InChI is InChI=1S/C19H17F2NO4/c1-10(2)8-14(23)16-17(15-4-3-7-26-15)22(19(25)18(16)24)13-6-5-11(20)9-12(13)21/h3-7,9-10,17,24H,8H2,1-2H3. The van der Waals surface area contributed by atoms with Gasteiger partial charge in [0, 0.05) is 12.5 Å². The molecule has 1 aromatic carbocycles. The van der Waals surface area contributed by atoms with Crippen molar-refractivity contribution in [3.63, 3.8) is 0 Å². The summed E-state index contributed by atoms with van der Waals surface area (Å²) in [4.78, 5) is 26.2. The summed E-state index contributed by atoms with van der Waals surface area (Å²) in [5.41, 5.74) is -0.404. The summed E-state index contributed by atoms with van der Waals surface area (Å²) >= 11 is 0. The molecule has 0 fully saturated rings. The van der Waals surface area contributed by atoms with Crippen molar-refractivity contribution in [2.45, 2.75) is 26.3 Å². The number of amides is 1. The van der Waals surface area contributed by atoms with Crippen molar-refractivity contribution < 1.29 is 27.9 Å². The number of hydrogen-bond donors (Lipinski definition) is 1. The van der Waals surface area contributed by atoms with Crippen LogP contribution in [0.3, 0.4) is 0 Å². The van der Waals surface area contributed by atoms with Crippen LogP contribution in [-0.2, 0) is 9.59 Å². The molecule has 2 heterocycles. The Morgan fingerprint density at radius 2 is 2.04 bits per heavy atom. The highest BCUT2D eigenvalue weighted by Crippen LogP contribution is 2.42. The second kappa shape index (κ2) is 6.74. The molecule has 1 N–H and O–H groups in total. The molecule has 0 radical (unpaired) electrons. The molecule has 0 bridgehead atoms. The first-order chi connectivity index (χ1) is 12.3. The van der Waals surface area contributed by atoms with E-state index in [-0.39, 0.29) is 29.4 Å². The quantitative estimate of drug-likeness (QED) is 0.871. The molecule has 0 aliphatic carbocycles. The van der Waals surface area contributed by atoms with Crippen LogP contribution in [-0.4, -0.2) is 16.8 Å². The van der Waals surface area contributed by atoms with Crippen LogP contribution in [0.2, 0.25) is 0 Å². The van der Waals surface area contributed by atoms with E-state index in [2.05, 4.69) is 0 Å². The predicted octanol–water partition coefficient (Wildman–Crippen LogP) is 4.07. The predicted molar refractivity (Wildman–Crippen MR) is 89.4 cm³/mol. The molecule has 1 atom stereocenters. The van der Waals surface area contributed by atoms with Gasteiger partial charge in [0.15, 0.2) is 11.5 Å². The zero-order valence-electron chi connectivity index (χ0n) is 14.2. The minimum absolute atomic E-state index is 0.00763. The Morgan fingerprint density at radius 1 is 1.31 bits per heavy atom. The first kappa shape index (κ1) is 17.8. The summed E-state index contributed by atoms with van der Waals surface area (Å²) in [5.74, 6) is -3.73. The van der Waals surface area contributed by atoms with Gasteiger partial charge in [-0.05, 0) is 30.2 Å². The monoisotopic (exact) mass is 361 g/mol. The molecule has 136 valence electrons. The number of hydrogen-bond acceptors (Lipinski definition) is 4. The largest absolute Gasteiger partial charge is 0.503 e. The molecule has 1 aliphatic heterocycles. The molecule has 0 spiro atoms. The highest BCUT2D eigenvalue weighted by molar-refractivity contribution is 6.16. The van der Waals surface area contributed by atoms with E-state index >= 15 is 0 Å². The summed E-state index contributed by atoms with van der Waals surface area (Å²) < 4.78 is 32.9. The van der Waals surface area contributed by atoms with E-state index in [0.717, 1.165) is 17.0 Å². The minimum atomic E-state index is -1.12. The Bertz CT molecular complexity index is 887. The lowest BCUT2D eigenvalue weighted by atomic mass is 9.95. The Kier molecular flexibility index (Phi) is 4.63. The lowest BCUT2D eigenvalue weighted by Crippen LogP contribution is -2.31. The SMILES string of the molecule is CC(C)CC(=O)C1=C(O)C(=O)N(c2ccc(F)cc2F)C1c1ccco1. The van der Waals surface area contributed by atoms with Crippen LogP contribution in [0.25, 0.3) is 0 Å². The Balaban J connectivity index is 2.14. The van der Waals surface area contributed by atoms with Crippen LogP contribution in [0.15, 0.2) is 52.3 Å². The van der Waals surface area contributed by atoms with Crippen molar-refractivity contribution in [2.75, 3.05) is 4.90 Å². The number of Topliss-reactive ketones (excluding diaryl/α,β-unsaturated/α-hetero) is 1. The topological polar surface area (TPSA) is 70.8 Å². The van der Waals surface area contributed by atoms with Crippen LogP contribution in [0, 0.1) is 17.6 Å². The highest BCUT2D eigenvalue weighted by atomic mass is 19.1. The van der Waals surface area contributed by atoms with E-state index in [9.17, 15) is 23.5 Å². The third-order valence-corrected chi connectivity index (χ3v) is 4.08. The summed E-state index contributed by atoms with van der Waals surface area (Å²) in [5, 5.41) is 10.3. The average molecular weight is 361 g/mol. The van der Waals surface area contributed by atoms with Crippen molar-refractivity contribution in [1.82, 2.24) is 0 Å². The fourth-order valence-corrected chi connectivity index (χ4v) is 3.01. The Hall–Kier alpha value is -2.96. The number of ketones is 1. The average Bonchev–Trinajstić information content (AvgIpc) is 3.15. The van der Waals surface area contributed by atoms with E-state index < -0.39 is 35.1 Å². The first-order valence-electron chi connectivity index (χ1n) is 8.09. The summed E-state index contributed by atoms with van der Waals surface area (Å²) in [6.45, 7) is 3.65. The van der Waals surface area contributed by atoms with E-state index in [1.54, 1.807) is 6.07 Å². The summed E-state index contributed by atoms with van der Waals surface area (Å²) in [6.07, 6.45) is 1.45. The van der Waals surface area contributed by atoms with Crippen LogP contribution in [0.1, 0.15) is 32.1 Å². The van der Waals surface area contributed by atoms with Gasteiger partial charge in [0.2, 0.25) is 0 Å². The lowest BCUT2D eigenvalue weighted by molar-refractivity contribution is -0.118. The van der Waals surface area contributed by atoms with E-state index in [0.29, 0.717) is 6.07 Å². The molecular weight excluding hydrogens is 344 g/mol. The Labute approximate surface area is 148 Å². The van der Waals surface area contributed by atoms with Gasteiger partial charge in [-0.15, -0.1) is 0 Å². The van der Waals surface area contributed by atoms with Gasteiger partial charge in [-0.1, -0.05) is 13.8 Å². The number of aliphatic hydroxyl groups excluding tert-OH is 1. The maximum Gasteiger partial charge on any atom is 0.294 e. The van der Waals surface area contributed by atoms with Gasteiger partial charge in [0.25, 0.3) is 5.91 Å². The zero-order valence-corrected chi connectivity index (χ0v) is 14.2. The minimum Gasteiger partial charge on any atom is -0.503 e. The second-order valence-corrected chi connectivity index (χ2v) is 6.47. The molecule has 0 saturated carbocycles. The van der Waals surface area contributed by atoms with Gasteiger partial charge < -0.3 is 9.52 Å². The molecule has 3 rings (SSSR count). The molecule has 1 aromatic heterocycles. The number of anilines is 1. The molecule has 0 saturated heterocycles. The van der Waals surface area contributed by atoms with Crippen molar-refractivity contribution in [2.24, 2.45) is 5.92 Å². The van der Waals surface area contributed by atoms with Crippen molar-refractivity contribution >= 4 is 17.4 Å². The number of carbonyl (C=O) groups excluding carboxylic acids is 2. The smallest absolute Gasteiger partial charge is 0.294 e. The second-order valence-electron chi connectivity index (χ2n) is 6.47. The summed E-state index contributed by atoms with van der Waals surface area (Å²) in [7, 11) is 0. The number of rotatable bonds is 5. The third-order valence-electron chi connectivity index (χ3n) is 4.08. The molecular formula is C19H17F2NO4. The van der Waals surface area contributed by atoms with Crippen LogP contribution in [0.5, 0.6) is 0 Å². The van der Waals surface area contributed by atoms with Crippen molar-refractivity contribution in [3.8, 4) is 0 Å². The van der Waals surface area contributed by atoms with Gasteiger partial charge in [0.05, 0.1) is 17.5 Å².